The van der Waals surface area contributed by atoms with Crippen molar-refractivity contribution in [1.82, 2.24) is 9.97 Å². The Hall–Kier alpha value is -2.23. The van der Waals surface area contributed by atoms with Crippen LogP contribution in [0.25, 0.3) is 0 Å². The Morgan fingerprint density at radius 1 is 1.32 bits per heavy atom. The van der Waals surface area contributed by atoms with Crippen molar-refractivity contribution in [3.8, 4) is 0 Å². The van der Waals surface area contributed by atoms with E-state index in [-0.39, 0.29) is 11.9 Å². The maximum absolute atomic E-state index is 12.2. The average molecular weight is 254 g/mol. The highest BCUT2D eigenvalue weighted by Gasteiger charge is 2.64. The van der Waals surface area contributed by atoms with Crippen molar-refractivity contribution >= 4 is 5.97 Å². The van der Waals surface area contributed by atoms with Gasteiger partial charge < -0.3 is 4.74 Å². The summed E-state index contributed by atoms with van der Waals surface area (Å²) in [7, 11) is 1.42. The zero-order chi connectivity index (χ0) is 13.3. The molecule has 2 atom stereocenters. The molecule has 1 aromatic carbocycles. The molecule has 0 N–H and O–H groups in total. The molecule has 96 valence electrons. The largest absolute Gasteiger partial charge is 0.468 e. The third-order valence-corrected chi connectivity index (χ3v) is 3.73. The highest BCUT2D eigenvalue weighted by molar-refractivity contribution is 5.88. The Labute approximate surface area is 111 Å². The number of benzene rings is 1. The summed E-state index contributed by atoms with van der Waals surface area (Å²) in [5.41, 5.74) is 1.17. The van der Waals surface area contributed by atoms with Crippen LogP contribution >= 0.6 is 0 Å². The molecule has 0 unspecified atom stereocenters. The van der Waals surface area contributed by atoms with Crippen molar-refractivity contribution in [2.45, 2.75) is 17.8 Å². The second kappa shape index (κ2) is 4.46. The van der Waals surface area contributed by atoms with Crippen molar-refractivity contribution < 1.29 is 9.53 Å². The Balaban J connectivity index is 2.01. The van der Waals surface area contributed by atoms with Gasteiger partial charge >= 0.3 is 5.97 Å². The molecule has 0 spiro atoms. The Morgan fingerprint density at radius 2 is 2.11 bits per heavy atom. The van der Waals surface area contributed by atoms with E-state index in [4.69, 9.17) is 4.74 Å². The molecule has 1 heterocycles. The van der Waals surface area contributed by atoms with Crippen LogP contribution in [0, 0.1) is 0 Å². The normalized spacial score (nSPS) is 24.8. The second-order valence-electron chi connectivity index (χ2n) is 4.72. The van der Waals surface area contributed by atoms with E-state index in [9.17, 15) is 4.79 Å². The summed E-state index contributed by atoms with van der Waals surface area (Å²) in [5, 5.41) is 0. The molecular weight excluding hydrogens is 240 g/mol. The fourth-order valence-corrected chi connectivity index (χ4v) is 2.68. The summed E-state index contributed by atoms with van der Waals surface area (Å²) in [5.74, 6) is -0.111. The van der Waals surface area contributed by atoms with E-state index in [1.54, 1.807) is 18.6 Å². The van der Waals surface area contributed by atoms with Gasteiger partial charge in [0.1, 0.15) is 5.41 Å². The predicted molar refractivity (Wildman–Crippen MR) is 69.5 cm³/mol. The van der Waals surface area contributed by atoms with E-state index >= 15 is 0 Å². The molecule has 1 aliphatic rings. The first-order valence-corrected chi connectivity index (χ1v) is 6.19. The molecule has 1 aliphatic carbocycles. The smallest absolute Gasteiger partial charge is 0.318 e. The highest BCUT2D eigenvalue weighted by atomic mass is 16.5. The van der Waals surface area contributed by atoms with Gasteiger partial charge in [-0.1, -0.05) is 30.3 Å². The van der Waals surface area contributed by atoms with E-state index in [2.05, 4.69) is 9.97 Å². The van der Waals surface area contributed by atoms with E-state index in [0.29, 0.717) is 5.69 Å². The zero-order valence-electron chi connectivity index (χ0n) is 10.6. The first-order valence-electron chi connectivity index (χ1n) is 6.19. The minimum atomic E-state index is -0.662. The fourth-order valence-electron chi connectivity index (χ4n) is 2.68. The van der Waals surface area contributed by atoms with Crippen molar-refractivity contribution in [1.29, 1.82) is 0 Å². The van der Waals surface area contributed by atoms with Gasteiger partial charge in [0.05, 0.1) is 12.8 Å². The maximum Gasteiger partial charge on any atom is 0.318 e. The van der Waals surface area contributed by atoms with Gasteiger partial charge in [0.25, 0.3) is 0 Å². The summed E-state index contributed by atoms with van der Waals surface area (Å²) in [6.45, 7) is 0. The van der Waals surface area contributed by atoms with Crippen LogP contribution in [-0.2, 0) is 14.9 Å². The van der Waals surface area contributed by atoms with Crippen molar-refractivity contribution in [3.05, 3.63) is 60.2 Å². The van der Waals surface area contributed by atoms with Gasteiger partial charge in [-0.2, -0.15) is 0 Å². The van der Waals surface area contributed by atoms with Gasteiger partial charge in [-0.25, -0.2) is 0 Å². The first-order chi connectivity index (χ1) is 9.29. The number of rotatable bonds is 3. The topological polar surface area (TPSA) is 52.1 Å². The number of aromatic nitrogens is 2. The van der Waals surface area contributed by atoms with E-state index in [1.165, 1.54) is 7.11 Å². The lowest BCUT2D eigenvalue weighted by Gasteiger charge is -2.14. The van der Waals surface area contributed by atoms with Gasteiger partial charge in [-0.3, -0.25) is 14.8 Å². The molecule has 0 amide bonds. The number of carbonyl (C=O) groups is 1. The quantitative estimate of drug-likeness (QED) is 0.787. The molecule has 0 saturated heterocycles. The lowest BCUT2D eigenvalue weighted by molar-refractivity contribution is -0.144. The molecule has 4 heteroatoms. The Bertz CT molecular complexity index is 586. The van der Waals surface area contributed by atoms with E-state index < -0.39 is 5.41 Å². The number of hydrogen-bond donors (Lipinski definition) is 0. The van der Waals surface area contributed by atoms with Crippen molar-refractivity contribution in [2.24, 2.45) is 0 Å². The summed E-state index contributed by atoms with van der Waals surface area (Å²) in [4.78, 5) is 20.6. The SMILES string of the molecule is COC(=O)[C@]1(c2cnccn2)C[C@H]1c1ccccc1. The van der Waals surface area contributed by atoms with Crippen molar-refractivity contribution in [3.63, 3.8) is 0 Å². The van der Waals surface area contributed by atoms with Crippen molar-refractivity contribution in [2.75, 3.05) is 7.11 Å². The summed E-state index contributed by atoms with van der Waals surface area (Å²) >= 11 is 0. The molecule has 4 nitrogen and oxygen atoms in total. The van der Waals surface area contributed by atoms with Gasteiger partial charge in [-0.05, 0) is 12.0 Å². The number of esters is 1. The van der Waals surface area contributed by atoms with Gasteiger partial charge in [0.2, 0.25) is 0 Å². The molecule has 2 aromatic rings. The molecule has 3 rings (SSSR count). The molecule has 1 fully saturated rings. The van der Waals surface area contributed by atoms with Crippen LogP contribution in [0.3, 0.4) is 0 Å². The molecular formula is C15H14N2O2. The number of carbonyl (C=O) groups excluding carboxylic acids is 1. The van der Waals surface area contributed by atoms with Crippen LogP contribution in [0.2, 0.25) is 0 Å². The minimum Gasteiger partial charge on any atom is -0.468 e. The average Bonchev–Trinajstić information content (AvgIpc) is 3.25. The summed E-state index contributed by atoms with van der Waals surface area (Å²) < 4.78 is 4.98. The monoisotopic (exact) mass is 254 g/mol. The summed E-state index contributed by atoms with van der Waals surface area (Å²) in [6.07, 6.45) is 5.59. The van der Waals surface area contributed by atoms with Crippen LogP contribution in [0.1, 0.15) is 23.6 Å². The number of nitrogens with zero attached hydrogens (tertiary/aromatic N) is 2. The molecule has 1 aromatic heterocycles. The van der Waals surface area contributed by atoms with Gasteiger partial charge in [0.15, 0.2) is 0 Å². The maximum atomic E-state index is 12.2. The lowest BCUT2D eigenvalue weighted by Crippen LogP contribution is -2.25. The fraction of sp³-hybridized carbons (Fsp3) is 0.267. The number of ether oxygens (including phenoxy) is 1. The zero-order valence-corrected chi connectivity index (χ0v) is 10.6. The van der Waals surface area contributed by atoms with Crippen LogP contribution in [-0.4, -0.2) is 23.0 Å². The Kier molecular flexibility index (Phi) is 2.78. The molecule has 19 heavy (non-hydrogen) atoms. The number of methoxy groups -OCH3 is 1. The van der Waals surface area contributed by atoms with Gasteiger partial charge in [0, 0.05) is 24.5 Å². The molecule has 0 aliphatic heterocycles. The highest BCUT2D eigenvalue weighted by Crippen LogP contribution is 2.60. The summed E-state index contributed by atoms with van der Waals surface area (Å²) in [6, 6.07) is 9.99. The number of hydrogen-bond acceptors (Lipinski definition) is 4. The Morgan fingerprint density at radius 3 is 2.74 bits per heavy atom. The lowest BCUT2D eigenvalue weighted by atomic mass is 9.96. The van der Waals surface area contributed by atoms with E-state index in [1.807, 2.05) is 30.3 Å². The van der Waals surface area contributed by atoms with E-state index in [0.717, 1.165) is 12.0 Å². The third kappa shape index (κ3) is 1.80. The van der Waals surface area contributed by atoms with Crippen LogP contribution < -0.4 is 0 Å². The molecule has 0 bridgehead atoms. The molecule has 0 radical (unpaired) electrons. The van der Waals surface area contributed by atoms with Gasteiger partial charge in [-0.15, -0.1) is 0 Å². The molecule has 1 saturated carbocycles. The minimum absolute atomic E-state index is 0.123. The standard InChI is InChI=1S/C15H14N2O2/c1-19-14(18)15(13-10-16-7-8-17-13)9-12(15)11-5-3-2-4-6-11/h2-8,10,12H,9H2,1H3/t12-,15+/m0/s1. The van der Waals surface area contributed by atoms with Crippen LogP contribution in [0.4, 0.5) is 0 Å². The van der Waals surface area contributed by atoms with Crippen LogP contribution in [0.5, 0.6) is 0 Å². The first kappa shape index (κ1) is 11.8. The predicted octanol–water partition coefficient (Wildman–Crippen LogP) is 2.07. The second-order valence-corrected chi connectivity index (χ2v) is 4.72. The third-order valence-electron chi connectivity index (χ3n) is 3.73. The van der Waals surface area contributed by atoms with Crippen LogP contribution in [0.15, 0.2) is 48.9 Å².